The molecule has 25 heavy (non-hydrogen) atoms. The van der Waals surface area contributed by atoms with E-state index in [0.717, 1.165) is 29.0 Å². The van der Waals surface area contributed by atoms with E-state index in [4.69, 9.17) is 16.3 Å². The number of carbonyl (C=O) groups excluding carboxylic acids is 2. The smallest absolute Gasteiger partial charge is 0.315 e. The molecule has 0 bridgehead atoms. The molecule has 0 aromatic heterocycles. The minimum Gasteiger partial charge on any atom is -0.466 e. The van der Waals surface area contributed by atoms with Crippen LogP contribution >= 0.6 is 11.6 Å². The second-order valence-corrected chi connectivity index (χ2v) is 7.56. The fraction of sp³-hybridized carbons (Fsp3) is 0.579. The van der Waals surface area contributed by atoms with Gasteiger partial charge in [-0.25, -0.2) is 4.79 Å². The molecule has 0 aliphatic heterocycles. The number of halogens is 1. The van der Waals surface area contributed by atoms with E-state index in [2.05, 4.69) is 31.4 Å². The van der Waals surface area contributed by atoms with Crippen molar-refractivity contribution in [2.24, 2.45) is 5.41 Å². The fourth-order valence-corrected chi connectivity index (χ4v) is 2.47. The van der Waals surface area contributed by atoms with Crippen molar-refractivity contribution in [3.63, 3.8) is 0 Å². The Morgan fingerprint density at radius 3 is 2.52 bits per heavy atom. The van der Waals surface area contributed by atoms with Gasteiger partial charge in [-0.2, -0.15) is 0 Å². The summed E-state index contributed by atoms with van der Waals surface area (Å²) >= 11 is 6.34. The summed E-state index contributed by atoms with van der Waals surface area (Å²) in [6, 6.07) is 5.56. The van der Waals surface area contributed by atoms with Crippen LogP contribution in [0.25, 0.3) is 0 Å². The molecule has 0 heterocycles. The van der Waals surface area contributed by atoms with Crippen LogP contribution in [0.5, 0.6) is 0 Å². The van der Waals surface area contributed by atoms with Gasteiger partial charge in [-0.3, -0.25) is 4.79 Å². The topological polar surface area (TPSA) is 67.4 Å². The van der Waals surface area contributed by atoms with Crippen molar-refractivity contribution in [2.45, 2.75) is 53.5 Å². The van der Waals surface area contributed by atoms with Crippen molar-refractivity contribution in [2.75, 3.05) is 13.2 Å². The monoisotopic (exact) mass is 368 g/mol. The van der Waals surface area contributed by atoms with Crippen LogP contribution in [0.4, 0.5) is 4.79 Å². The number of amides is 2. The maximum Gasteiger partial charge on any atom is 0.315 e. The molecule has 0 aliphatic carbocycles. The SMILES string of the molecule is CCOC(=O)CCNC(=O)NCc1ccc(CCC(C)(C)C)c(Cl)c1. The molecule has 0 atom stereocenters. The first kappa shape index (κ1) is 21.3. The third-order valence-corrected chi connectivity index (χ3v) is 3.99. The Morgan fingerprint density at radius 1 is 1.20 bits per heavy atom. The van der Waals surface area contributed by atoms with Crippen LogP contribution in [-0.2, 0) is 22.5 Å². The predicted molar refractivity (Wildman–Crippen MR) is 101 cm³/mol. The predicted octanol–water partition coefficient (Wildman–Crippen LogP) is 4.07. The van der Waals surface area contributed by atoms with E-state index in [9.17, 15) is 9.59 Å². The summed E-state index contributed by atoms with van der Waals surface area (Å²) in [6.07, 6.45) is 2.16. The highest BCUT2D eigenvalue weighted by molar-refractivity contribution is 6.31. The van der Waals surface area contributed by atoms with Gasteiger partial charge in [-0.1, -0.05) is 44.5 Å². The molecule has 5 nitrogen and oxygen atoms in total. The first-order valence-corrected chi connectivity index (χ1v) is 9.03. The van der Waals surface area contributed by atoms with Crippen molar-refractivity contribution >= 4 is 23.6 Å². The number of hydrogen-bond acceptors (Lipinski definition) is 3. The molecule has 2 amide bonds. The lowest BCUT2D eigenvalue weighted by molar-refractivity contribution is -0.142. The number of hydrogen-bond donors (Lipinski definition) is 2. The van der Waals surface area contributed by atoms with Gasteiger partial charge >= 0.3 is 12.0 Å². The lowest BCUT2D eigenvalue weighted by atomic mass is 9.88. The molecule has 1 rings (SSSR count). The molecule has 1 aromatic rings. The molecule has 0 aliphatic rings. The van der Waals surface area contributed by atoms with E-state index in [1.54, 1.807) is 6.92 Å². The lowest BCUT2D eigenvalue weighted by Gasteiger charge is -2.18. The van der Waals surface area contributed by atoms with Gasteiger partial charge in [0.25, 0.3) is 0 Å². The Labute approximate surface area is 155 Å². The zero-order valence-corrected chi connectivity index (χ0v) is 16.3. The number of esters is 1. The highest BCUT2D eigenvalue weighted by Gasteiger charge is 2.12. The standard InChI is InChI=1S/C19H29ClN2O3/c1-5-25-17(23)9-11-21-18(24)22-13-14-6-7-15(16(20)12-14)8-10-19(2,3)4/h6-7,12H,5,8-11,13H2,1-4H3,(H2,21,22,24). The van der Waals surface area contributed by atoms with Crippen LogP contribution < -0.4 is 10.6 Å². The average molecular weight is 369 g/mol. The summed E-state index contributed by atoms with van der Waals surface area (Å²) in [5.41, 5.74) is 2.33. The number of rotatable bonds is 8. The third-order valence-electron chi connectivity index (χ3n) is 3.63. The van der Waals surface area contributed by atoms with Crippen LogP contribution in [0.1, 0.15) is 51.7 Å². The molecule has 0 saturated carbocycles. The quantitative estimate of drug-likeness (QED) is 0.679. The Kier molecular flexibility index (Phi) is 8.76. The summed E-state index contributed by atoms with van der Waals surface area (Å²) in [6.45, 7) is 9.34. The van der Waals surface area contributed by atoms with Gasteiger partial charge in [-0.05, 0) is 42.4 Å². The maximum atomic E-state index is 11.7. The van der Waals surface area contributed by atoms with E-state index in [1.807, 2.05) is 18.2 Å². The van der Waals surface area contributed by atoms with Gasteiger partial charge in [0.15, 0.2) is 0 Å². The largest absolute Gasteiger partial charge is 0.466 e. The summed E-state index contributed by atoms with van der Waals surface area (Å²) in [5.74, 6) is -0.319. The number of aryl methyl sites for hydroxylation is 1. The number of ether oxygens (including phenoxy) is 1. The molecular formula is C19H29ClN2O3. The number of nitrogens with one attached hydrogen (secondary N) is 2. The molecule has 0 fully saturated rings. The fourth-order valence-electron chi connectivity index (χ4n) is 2.17. The van der Waals surface area contributed by atoms with Gasteiger partial charge in [0.2, 0.25) is 0 Å². The molecule has 0 radical (unpaired) electrons. The van der Waals surface area contributed by atoms with Crippen molar-refractivity contribution in [1.82, 2.24) is 10.6 Å². The van der Waals surface area contributed by atoms with E-state index in [0.29, 0.717) is 13.2 Å². The van der Waals surface area contributed by atoms with Gasteiger partial charge in [-0.15, -0.1) is 0 Å². The van der Waals surface area contributed by atoms with Crippen molar-refractivity contribution in [1.29, 1.82) is 0 Å². The molecule has 6 heteroatoms. The summed E-state index contributed by atoms with van der Waals surface area (Å²) in [4.78, 5) is 22.9. The zero-order valence-electron chi connectivity index (χ0n) is 15.6. The van der Waals surface area contributed by atoms with Gasteiger partial charge in [0.1, 0.15) is 0 Å². The number of carbonyl (C=O) groups is 2. The normalized spacial score (nSPS) is 11.1. The van der Waals surface area contributed by atoms with Crippen LogP contribution in [0.3, 0.4) is 0 Å². The van der Waals surface area contributed by atoms with E-state index in [-0.39, 0.29) is 30.4 Å². The Balaban J connectivity index is 2.38. The maximum absolute atomic E-state index is 11.7. The van der Waals surface area contributed by atoms with Crippen LogP contribution in [0.15, 0.2) is 18.2 Å². The van der Waals surface area contributed by atoms with Crippen molar-refractivity contribution < 1.29 is 14.3 Å². The summed E-state index contributed by atoms with van der Waals surface area (Å²) in [7, 11) is 0. The minimum absolute atomic E-state index is 0.162. The number of urea groups is 1. The second-order valence-electron chi connectivity index (χ2n) is 7.15. The molecule has 140 valence electrons. The van der Waals surface area contributed by atoms with Crippen molar-refractivity contribution in [3.8, 4) is 0 Å². The molecule has 0 spiro atoms. The van der Waals surface area contributed by atoms with Gasteiger partial charge in [0, 0.05) is 18.1 Å². The summed E-state index contributed by atoms with van der Waals surface area (Å²) in [5, 5.41) is 6.10. The van der Waals surface area contributed by atoms with Crippen LogP contribution in [-0.4, -0.2) is 25.2 Å². The third kappa shape index (κ3) is 9.34. The molecular weight excluding hydrogens is 340 g/mol. The minimum atomic E-state index is -0.322. The molecule has 0 unspecified atom stereocenters. The van der Waals surface area contributed by atoms with Gasteiger partial charge in [0.05, 0.1) is 13.0 Å². The lowest BCUT2D eigenvalue weighted by Crippen LogP contribution is -2.36. The van der Waals surface area contributed by atoms with Crippen molar-refractivity contribution in [3.05, 3.63) is 34.3 Å². The first-order valence-electron chi connectivity index (χ1n) is 8.66. The summed E-state index contributed by atoms with van der Waals surface area (Å²) < 4.78 is 4.79. The highest BCUT2D eigenvalue weighted by atomic mass is 35.5. The number of benzene rings is 1. The Morgan fingerprint density at radius 2 is 1.92 bits per heavy atom. The van der Waals surface area contributed by atoms with Gasteiger partial charge < -0.3 is 15.4 Å². The van der Waals surface area contributed by atoms with E-state index in [1.165, 1.54) is 0 Å². The Hall–Kier alpha value is -1.75. The average Bonchev–Trinajstić information content (AvgIpc) is 2.51. The van der Waals surface area contributed by atoms with Crippen LogP contribution in [0, 0.1) is 5.41 Å². The molecule has 2 N–H and O–H groups in total. The molecule has 0 saturated heterocycles. The van der Waals surface area contributed by atoms with E-state index < -0.39 is 0 Å². The first-order chi connectivity index (χ1) is 11.7. The second kappa shape index (κ2) is 10.3. The Bertz CT molecular complexity index is 583. The highest BCUT2D eigenvalue weighted by Crippen LogP contribution is 2.25. The molecule has 1 aromatic carbocycles. The van der Waals surface area contributed by atoms with E-state index >= 15 is 0 Å². The van der Waals surface area contributed by atoms with Crippen LogP contribution in [0.2, 0.25) is 5.02 Å². The zero-order chi connectivity index (χ0) is 18.9.